The van der Waals surface area contributed by atoms with Gasteiger partial charge >= 0.3 is 0 Å². The van der Waals surface area contributed by atoms with Crippen LogP contribution in [0.4, 0.5) is 5.69 Å². The third-order valence-electron chi connectivity index (χ3n) is 4.88. The van der Waals surface area contributed by atoms with Crippen LogP contribution in [0.1, 0.15) is 26.3 Å². The molecule has 0 aliphatic carbocycles. The molecule has 2 aromatic rings. The molecule has 1 atom stereocenters. The number of ether oxygens (including phenoxy) is 1. The van der Waals surface area contributed by atoms with Gasteiger partial charge in [-0.05, 0) is 85.3 Å². The number of sulfonamides is 1. The van der Waals surface area contributed by atoms with Gasteiger partial charge in [-0.25, -0.2) is 8.42 Å². The van der Waals surface area contributed by atoms with Crippen LogP contribution >= 0.6 is 22.6 Å². The molecule has 10 heteroatoms. The molecule has 0 spiro atoms. The molecule has 2 rings (SSSR count). The molecule has 2 aromatic carbocycles. The van der Waals surface area contributed by atoms with E-state index in [4.69, 9.17) is 4.74 Å². The van der Waals surface area contributed by atoms with Crippen molar-refractivity contribution >= 4 is 50.1 Å². The monoisotopic (exact) mass is 587 g/mol. The van der Waals surface area contributed by atoms with Gasteiger partial charge in [0.25, 0.3) is 0 Å². The lowest BCUT2D eigenvalue weighted by molar-refractivity contribution is -0.139. The zero-order chi connectivity index (χ0) is 24.8. The highest BCUT2D eigenvalue weighted by Crippen LogP contribution is 2.21. The number of halogens is 1. The second-order valence-corrected chi connectivity index (χ2v) is 11.1. The summed E-state index contributed by atoms with van der Waals surface area (Å²) in [6.07, 6.45) is 1.06. The summed E-state index contributed by atoms with van der Waals surface area (Å²) in [7, 11) is -2.20. The summed E-state index contributed by atoms with van der Waals surface area (Å²) >= 11 is 2.12. The van der Waals surface area contributed by atoms with Gasteiger partial charge in [0, 0.05) is 16.2 Å². The minimum atomic E-state index is -3.75. The maximum Gasteiger partial charge on any atom is 0.244 e. The normalized spacial score (nSPS) is 12.2. The Kier molecular flexibility index (Phi) is 9.53. The Morgan fingerprint density at radius 3 is 2.27 bits per heavy atom. The van der Waals surface area contributed by atoms with Crippen molar-refractivity contribution in [2.45, 2.75) is 39.4 Å². The molecule has 0 saturated heterocycles. The topological polar surface area (TPSA) is 96.0 Å². The summed E-state index contributed by atoms with van der Waals surface area (Å²) in [5.74, 6) is -0.189. The lowest BCUT2D eigenvalue weighted by Crippen LogP contribution is -2.52. The number of nitrogens with zero attached hydrogens (tertiary/aromatic N) is 2. The average Bonchev–Trinajstić information content (AvgIpc) is 2.74. The summed E-state index contributed by atoms with van der Waals surface area (Å²) in [5.41, 5.74) is 1.14. The molecule has 0 fully saturated rings. The van der Waals surface area contributed by atoms with E-state index in [0.29, 0.717) is 11.4 Å². The maximum absolute atomic E-state index is 13.4. The van der Waals surface area contributed by atoms with Gasteiger partial charge in [0.2, 0.25) is 21.8 Å². The van der Waals surface area contributed by atoms with Crippen LogP contribution in [0.2, 0.25) is 0 Å². The predicted molar refractivity (Wildman–Crippen MR) is 138 cm³/mol. The van der Waals surface area contributed by atoms with Crippen molar-refractivity contribution in [3.8, 4) is 5.75 Å². The van der Waals surface area contributed by atoms with Crippen LogP contribution in [0.15, 0.2) is 48.5 Å². The Morgan fingerprint density at radius 1 is 1.09 bits per heavy atom. The van der Waals surface area contributed by atoms with Crippen LogP contribution in [0.3, 0.4) is 0 Å². The first kappa shape index (κ1) is 26.9. The molecule has 2 amide bonds. The standard InChI is InChI=1S/C23H30IN3O5S/c1-16(2)25-23(29)17(3)26(14-18-7-6-8-21(13-18)32-4)22(28)15-27(33(5,30)31)20-11-9-19(24)10-12-20/h6-13,16-17H,14-15H2,1-5H3,(H,25,29)/t17-/m1/s1. The Bertz CT molecular complexity index is 1070. The fourth-order valence-electron chi connectivity index (χ4n) is 3.18. The summed E-state index contributed by atoms with van der Waals surface area (Å²) in [6, 6.07) is 13.1. The Balaban J connectivity index is 2.39. The molecule has 0 unspecified atom stereocenters. The van der Waals surface area contributed by atoms with E-state index in [2.05, 4.69) is 27.9 Å². The third kappa shape index (κ3) is 7.88. The molecule has 0 bridgehead atoms. The zero-order valence-electron chi connectivity index (χ0n) is 19.4. The number of hydrogen-bond acceptors (Lipinski definition) is 5. The van der Waals surface area contributed by atoms with E-state index in [1.165, 1.54) is 4.90 Å². The number of carbonyl (C=O) groups is 2. The number of rotatable bonds is 10. The molecule has 0 radical (unpaired) electrons. The van der Waals surface area contributed by atoms with Crippen LogP contribution < -0.4 is 14.4 Å². The van der Waals surface area contributed by atoms with Crippen molar-refractivity contribution in [3.05, 3.63) is 57.7 Å². The van der Waals surface area contributed by atoms with E-state index in [0.717, 1.165) is 19.7 Å². The van der Waals surface area contributed by atoms with E-state index in [9.17, 15) is 18.0 Å². The highest BCUT2D eigenvalue weighted by atomic mass is 127. The van der Waals surface area contributed by atoms with E-state index >= 15 is 0 Å². The molecule has 0 saturated carbocycles. The molecular weight excluding hydrogens is 557 g/mol. The molecule has 8 nitrogen and oxygen atoms in total. The average molecular weight is 587 g/mol. The third-order valence-corrected chi connectivity index (χ3v) is 6.74. The number of hydrogen-bond donors (Lipinski definition) is 1. The highest BCUT2D eigenvalue weighted by molar-refractivity contribution is 14.1. The molecule has 1 N–H and O–H groups in total. The van der Waals surface area contributed by atoms with Gasteiger partial charge in [-0.3, -0.25) is 13.9 Å². The Morgan fingerprint density at radius 2 is 1.73 bits per heavy atom. The predicted octanol–water partition coefficient (Wildman–Crippen LogP) is 3.01. The Labute approximate surface area is 209 Å². The number of amides is 2. The van der Waals surface area contributed by atoms with Gasteiger partial charge in [0.15, 0.2) is 0 Å². The second-order valence-electron chi connectivity index (χ2n) is 7.96. The Hall–Kier alpha value is -2.34. The lowest BCUT2D eigenvalue weighted by atomic mass is 10.1. The van der Waals surface area contributed by atoms with Gasteiger partial charge in [-0.2, -0.15) is 0 Å². The summed E-state index contributed by atoms with van der Waals surface area (Å²) in [5, 5.41) is 2.82. The number of carbonyl (C=O) groups excluding carboxylic acids is 2. The zero-order valence-corrected chi connectivity index (χ0v) is 22.4. The number of anilines is 1. The van der Waals surface area contributed by atoms with Crippen LogP contribution in [0.5, 0.6) is 5.75 Å². The quantitative estimate of drug-likeness (QED) is 0.432. The smallest absolute Gasteiger partial charge is 0.244 e. The van der Waals surface area contributed by atoms with Crippen LogP contribution in [0, 0.1) is 3.57 Å². The highest BCUT2D eigenvalue weighted by Gasteiger charge is 2.30. The van der Waals surface area contributed by atoms with E-state index in [-0.39, 0.29) is 18.5 Å². The molecule has 180 valence electrons. The second kappa shape index (κ2) is 11.7. The summed E-state index contributed by atoms with van der Waals surface area (Å²) in [6.45, 7) is 4.99. The molecule has 0 heterocycles. The van der Waals surface area contributed by atoms with Crippen molar-refractivity contribution in [3.63, 3.8) is 0 Å². The van der Waals surface area contributed by atoms with Crippen LogP contribution in [-0.4, -0.2) is 57.1 Å². The van der Waals surface area contributed by atoms with Crippen molar-refractivity contribution < 1.29 is 22.7 Å². The molecule has 0 aliphatic rings. The SMILES string of the molecule is COc1cccc(CN(C(=O)CN(c2ccc(I)cc2)S(C)(=O)=O)[C@H](C)C(=O)NC(C)C)c1. The maximum atomic E-state index is 13.4. The van der Waals surface area contributed by atoms with Gasteiger partial charge < -0.3 is 15.0 Å². The van der Waals surface area contributed by atoms with Gasteiger partial charge in [-0.1, -0.05) is 12.1 Å². The van der Waals surface area contributed by atoms with Crippen LogP contribution in [0.25, 0.3) is 0 Å². The lowest BCUT2D eigenvalue weighted by Gasteiger charge is -2.32. The molecule has 0 aromatic heterocycles. The largest absolute Gasteiger partial charge is 0.497 e. The molecule has 33 heavy (non-hydrogen) atoms. The van der Waals surface area contributed by atoms with Crippen molar-refractivity contribution in [2.24, 2.45) is 0 Å². The van der Waals surface area contributed by atoms with E-state index in [1.54, 1.807) is 56.5 Å². The van der Waals surface area contributed by atoms with Crippen molar-refractivity contribution in [1.29, 1.82) is 0 Å². The first-order chi connectivity index (χ1) is 15.4. The van der Waals surface area contributed by atoms with E-state index < -0.39 is 28.5 Å². The van der Waals surface area contributed by atoms with E-state index in [1.807, 2.05) is 19.9 Å². The van der Waals surface area contributed by atoms with Gasteiger partial charge in [-0.15, -0.1) is 0 Å². The van der Waals surface area contributed by atoms with Gasteiger partial charge in [0.1, 0.15) is 18.3 Å². The summed E-state index contributed by atoms with van der Waals surface area (Å²) < 4.78 is 32.3. The molecule has 0 aliphatic heterocycles. The minimum absolute atomic E-state index is 0.104. The number of methoxy groups -OCH3 is 1. The first-order valence-corrected chi connectivity index (χ1v) is 13.3. The fraction of sp³-hybridized carbons (Fsp3) is 0.391. The fourth-order valence-corrected chi connectivity index (χ4v) is 4.39. The number of benzene rings is 2. The van der Waals surface area contributed by atoms with Crippen LogP contribution in [-0.2, 0) is 26.2 Å². The van der Waals surface area contributed by atoms with Crippen molar-refractivity contribution in [1.82, 2.24) is 10.2 Å². The van der Waals surface area contributed by atoms with Gasteiger partial charge in [0.05, 0.1) is 19.1 Å². The minimum Gasteiger partial charge on any atom is -0.497 e. The molecular formula is C23H30IN3O5S. The first-order valence-electron chi connectivity index (χ1n) is 10.4. The van der Waals surface area contributed by atoms with Crippen molar-refractivity contribution in [2.75, 3.05) is 24.2 Å². The summed E-state index contributed by atoms with van der Waals surface area (Å²) in [4.78, 5) is 27.6. The number of nitrogens with one attached hydrogen (secondary N) is 1.